The normalized spacial score (nSPS) is 18.0. The number of carbonyl (C=O) groups is 2. The van der Waals surface area contributed by atoms with E-state index in [1.54, 1.807) is 26.0 Å². The van der Waals surface area contributed by atoms with Crippen LogP contribution in [0.1, 0.15) is 36.1 Å². The van der Waals surface area contributed by atoms with Crippen molar-refractivity contribution in [3.05, 3.63) is 181 Å². The Morgan fingerprint density at radius 3 is 1.82 bits per heavy atom. The molecule has 2 atom stereocenters. The summed E-state index contributed by atoms with van der Waals surface area (Å²) >= 11 is 0. The summed E-state index contributed by atoms with van der Waals surface area (Å²) in [5.41, 5.74) is 7.40. The van der Waals surface area contributed by atoms with Crippen molar-refractivity contribution in [3.8, 4) is 33.4 Å². The van der Waals surface area contributed by atoms with Crippen LogP contribution >= 0.6 is 0 Å². The van der Waals surface area contributed by atoms with Crippen LogP contribution in [0.15, 0.2) is 159 Å². The van der Waals surface area contributed by atoms with Crippen LogP contribution in [0.4, 0.5) is 0 Å². The first kappa shape index (κ1) is 31.0. The number of hydrogen-bond acceptors (Lipinski definition) is 4. The van der Waals surface area contributed by atoms with Crippen molar-refractivity contribution in [1.82, 2.24) is 0 Å². The Kier molecular flexibility index (Phi) is 6.92. The van der Waals surface area contributed by atoms with Crippen molar-refractivity contribution in [3.63, 3.8) is 0 Å². The van der Waals surface area contributed by atoms with Crippen molar-refractivity contribution in [2.75, 3.05) is 0 Å². The average molecular weight is 651 g/mol. The average Bonchev–Trinajstić information content (AvgIpc) is 3.56. The predicted molar refractivity (Wildman–Crippen MR) is 202 cm³/mol. The van der Waals surface area contributed by atoms with Crippen LogP contribution in [-0.2, 0) is 30.3 Å². The number of ether oxygens (including phenoxy) is 2. The van der Waals surface area contributed by atoms with E-state index in [0.29, 0.717) is 11.1 Å². The number of carbonyl (C=O) groups excluding carboxylic acids is 2. The molecule has 0 saturated carbocycles. The maximum atomic E-state index is 13.3. The van der Waals surface area contributed by atoms with Gasteiger partial charge < -0.3 is 9.47 Å². The van der Waals surface area contributed by atoms with Gasteiger partial charge in [-0.1, -0.05) is 117 Å². The minimum atomic E-state index is -1.23. The fourth-order valence-electron chi connectivity index (χ4n) is 7.78. The minimum Gasteiger partial charge on any atom is -0.441 e. The highest BCUT2D eigenvalue weighted by Crippen LogP contribution is 2.55. The Hall–Kier alpha value is -6.26. The molecule has 6 aromatic carbocycles. The van der Waals surface area contributed by atoms with Gasteiger partial charge in [-0.25, -0.2) is 9.59 Å². The van der Waals surface area contributed by atoms with Crippen LogP contribution in [0.3, 0.4) is 0 Å². The molecule has 0 fully saturated rings. The van der Waals surface area contributed by atoms with Gasteiger partial charge in [-0.05, 0) is 99.1 Å². The second-order valence-corrected chi connectivity index (χ2v) is 13.2. The fraction of sp³-hybridized carbons (Fsp3) is 0.0870. The van der Waals surface area contributed by atoms with Crippen LogP contribution < -0.4 is 0 Å². The van der Waals surface area contributed by atoms with Gasteiger partial charge in [-0.15, -0.1) is 0 Å². The third kappa shape index (κ3) is 4.25. The highest BCUT2D eigenvalue weighted by molar-refractivity contribution is 6.06. The van der Waals surface area contributed by atoms with Gasteiger partial charge in [0.2, 0.25) is 0 Å². The number of fused-ring (bicyclic) bond motifs is 9. The molecule has 0 aromatic heterocycles. The Bertz CT molecular complexity index is 2530. The molecule has 8 rings (SSSR count). The van der Waals surface area contributed by atoms with Crippen molar-refractivity contribution in [2.24, 2.45) is 0 Å². The molecule has 0 aliphatic heterocycles. The van der Waals surface area contributed by atoms with E-state index in [4.69, 9.17) is 9.47 Å². The first-order chi connectivity index (χ1) is 24.1. The van der Waals surface area contributed by atoms with Gasteiger partial charge >= 0.3 is 11.9 Å². The van der Waals surface area contributed by atoms with E-state index in [0.717, 1.165) is 77.2 Å². The van der Waals surface area contributed by atoms with E-state index in [1.807, 2.05) is 42.5 Å². The summed E-state index contributed by atoms with van der Waals surface area (Å²) in [7, 11) is 0. The van der Waals surface area contributed by atoms with Gasteiger partial charge in [0, 0.05) is 33.4 Å². The molecule has 0 radical (unpaired) electrons. The van der Waals surface area contributed by atoms with Crippen molar-refractivity contribution < 1.29 is 19.1 Å². The zero-order valence-electron chi connectivity index (χ0n) is 28.0. The second-order valence-electron chi connectivity index (χ2n) is 13.2. The van der Waals surface area contributed by atoms with Crippen LogP contribution in [-0.4, -0.2) is 11.9 Å². The first-order valence-corrected chi connectivity index (χ1v) is 16.5. The van der Waals surface area contributed by atoms with E-state index >= 15 is 0 Å². The predicted octanol–water partition coefficient (Wildman–Crippen LogP) is 10.7. The smallest absolute Gasteiger partial charge is 0.334 e. The molecule has 2 aliphatic rings. The molecule has 0 heterocycles. The monoisotopic (exact) mass is 650 g/mol. The summed E-state index contributed by atoms with van der Waals surface area (Å²) in [6.45, 7) is 19.4. The SMILES string of the molecule is C=CC1(OC(=O)C(=C)C)c2cc(-c3cccc4c5c(ccc34)-c3ccccc3C5(C=C)OC(=O)C(=C)C)ccc2-c2cc3ccccc3cc21. The molecule has 2 aliphatic carbocycles. The van der Waals surface area contributed by atoms with E-state index in [9.17, 15) is 9.59 Å². The van der Waals surface area contributed by atoms with Crippen molar-refractivity contribution >= 4 is 33.5 Å². The lowest BCUT2D eigenvalue weighted by molar-refractivity contribution is -0.148. The summed E-state index contributed by atoms with van der Waals surface area (Å²) in [6, 6.07) is 37.1. The number of hydrogen-bond donors (Lipinski definition) is 0. The maximum Gasteiger partial charge on any atom is 0.334 e. The zero-order valence-corrected chi connectivity index (χ0v) is 28.0. The van der Waals surface area contributed by atoms with E-state index in [1.165, 1.54) is 0 Å². The standard InChI is InChI=1S/C46H34O4/c1-7-45(49-43(47)27(3)4)40-26-31(20-21-35(40)38-24-29-14-9-10-15-30(29)25-41(38)45)32-17-13-18-36-33(32)22-23-37-34-16-11-12-19-39(34)46(8-2,42(36)37)50-44(48)28(5)6/h7-26H,1-3,5H2,4,6H3. The molecular weight excluding hydrogens is 617 g/mol. The molecule has 6 aromatic rings. The molecular formula is C46H34O4. The third-order valence-corrected chi connectivity index (χ3v) is 10.1. The van der Waals surface area contributed by atoms with Gasteiger partial charge in [-0.2, -0.15) is 0 Å². The summed E-state index contributed by atoms with van der Waals surface area (Å²) in [5.74, 6) is -0.982. The summed E-state index contributed by atoms with van der Waals surface area (Å²) in [5, 5.41) is 4.04. The molecule has 0 N–H and O–H groups in total. The molecule has 0 saturated heterocycles. The number of rotatable bonds is 7. The Morgan fingerprint density at radius 1 is 0.540 bits per heavy atom. The van der Waals surface area contributed by atoms with Gasteiger partial charge in [0.1, 0.15) is 0 Å². The molecule has 242 valence electrons. The minimum absolute atomic E-state index is 0.306. The highest BCUT2D eigenvalue weighted by atomic mass is 16.6. The summed E-state index contributed by atoms with van der Waals surface area (Å²) in [4.78, 5) is 26.4. The molecule has 0 spiro atoms. The van der Waals surface area contributed by atoms with Gasteiger partial charge in [0.15, 0.2) is 11.2 Å². The first-order valence-electron chi connectivity index (χ1n) is 16.5. The topological polar surface area (TPSA) is 52.6 Å². The lowest BCUT2D eigenvalue weighted by atomic mass is 9.85. The molecule has 2 unspecified atom stereocenters. The maximum absolute atomic E-state index is 13.3. The second kappa shape index (κ2) is 11.1. The lowest BCUT2D eigenvalue weighted by Gasteiger charge is -2.30. The number of esters is 2. The lowest BCUT2D eigenvalue weighted by Crippen LogP contribution is -2.30. The summed E-state index contributed by atoms with van der Waals surface area (Å²) < 4.78 is 12.7. The largest absolute Gasteiger partial charge is 0.441 e. The van der Waals surface area contributed by atoms with E-state index in [2.05, 4.69) is 93.0 Å². The quantitative estimate of drug-likeness (QED) is 0.0980. The Balaban J connectivity index is 1.37. The molecule has 0 amide bonds. The van der Waals surface area contributed by atoms with E-state index in [-0.39, 0.29) is 0 Å². The van der Waals surface area contributed by atoms with Crippen molar-refractivity contribution in [2.45, 2.75) is 25.0 Å². The molecule has 50 heavy (non-hydrogen) atoms. The highest BCUT2D eigenvalue weighted by Gasteiger charge is 2.47. The Morgan fingerprint density at radius 2 is 1.12 bits per heavy atom. The molecule has 4 nitrogen and oxygen atoms in total. The fourth-order valence-corrected chi connectivity index (χ4v) is 7.78. The van der Waals surface area contributed by atoms with Gasteiger partial charge in [0.05, 0.1) is 0 Å². The molecule has 0 bridgehead atoms. The number of benzene rings is 6. The Labute approximate surface area is 291 Å². The van der Waals surface area contributed by atoms with E-state index < -0.39 is 23.1 Å². The van der Waals surface area contributed by atoms with Crippen LogP contribution in [0, 0.1) is 0 Å². The summed E-state index contributed by atoms with van der Waals surface area (Å²) in [6.07, 6.45) is 3.44. The van der Waals surface area contributed by atoms with Crippen LogP contribution in [0.2, 0.25) is 0 Å². The van der Waals surface area contributed by atoms with Gasteiger partial charge in [-0.3, -0.25) is 0 Å². The van der Waals surface area contributed by atoms with Crippen LogP contribution in [0.25, 0.3) is 54.9 Å². The van der Waals surface area contributed by atoms with Crippen molar-refractivity contribution in [1.29, 1.82) is 0 Å². The zero-order chi connectivity index (χ0) is 34.9. The third-order valence-electron chi connectivity index (χ3n) is 10.1. The van der Waals surface area contributed by atoms with Crippen LogP contribution in [0.5, 0.6) is 0 Å². The molecule has 4 heteroatoms. The van der Waals surface area contributed by atoms with Gasteiger partial charge in [0.25, 0.3) is 0 Å².